The zero-order valence-electron chi connectivity index (χ0n) is 14.9. The highest BCUT2D eigenvalue weighted by Gasteiger charge is 2.16. The number of fused-ring (bicyclic) bond motifs is 1. The minimum Gasteiger partial charge on any atom is -0.351 e. The maximum Gasteiger partial charge on any atom is 0.318 e. The normalized spacial score (nSPS) is 10.7. The SMILES string of the molecule is Cc1cccc(-n2c(SCC(=O)NC(N)=O)nc3ccccc3c2=O)c1C. The van der Waals surface area contributed by atoms with Gasteiger partial charge in [-0.1, -0.05) is 36.0 Å². The van der Waals surface area contributed by atoms with E-state index in [1.165, 1.54) is 4.57 Å². The molecule has 3 amide bonds. The number of nitrogens with one attached hydrogen (secondary N) is 1. The molecule has 0 saturated carbocycles. The van der Waals surface area contributed by atoms with Gasteiger partial charge in [-0.15, -0.1) is 0 Å². The quantitative estimate of drug-likeness (QED) is 0.532. The monoisotopic (exact) mass is 382 g/mol. The summed E-state index contributed by atoms with van der Waals surface area (Å²) in [6, 6.07) is 11.8. The van der Waals surface area contributed by atoms with E-state index in [1.54, 1.807) is 24.3 Å². The Morgan fingerprint density at radius 2 is 1.89 bits per heavy atom. The Kier molecular flexibility index (Phi) is 5.27. The van der Waals surface area contributed by atoms with Gasteiger partial charge >= 0.3 is 6.03 Å². The summed E-state index contributed by atoms with van der Waals surface area (Å²) < 4.78 is 1.51. The molecule has 138 valence electrons. The number of urea groups is 1. The smallest absolute Gasteiger partial charge is 0.318 e. The van der Waals surface area contributed by atoms with E-state index in [1.807, 2.05) is 37.4 Å². The predicted molar refractivity (Wildman–Crippen MR) is 105 cm³/mol. The molecule has 3 aromatic rings. The molecule has 1 aromatic heterocycles. The van der Waals surface area contributed by atoms with Gasteiger partial charge in [0.15, 0.2) is 5.16 Å². The number of thioether (sulfide) groups is 1. The van der Waals surface area contributed by atoms with E-state index in [2.05, 4.69) is 4.98 Å². The minimum atomic E-state index is -0.918. The number of carbonyl (C=O) groups is 2. The van der Waals surface area contributed by atoms with E-state index >= 15 is 0 Å². The highest BCUT2D eigenvalue weighted by Crippen LogP contribution is 2.24. The van der Waals surface area contributed by atoms with Crippen molar-refractivity contribution < 1.29 is 9.59 Å². The topological polar surface area (TPSA) is 107 Å². The summed E-state index contributed by atoms with van der Waals surface area (Å²) in [5.74, 6) is -0.652. The van der Waals surface area contributed by atoms with Crippen LogP contribution in [0.25, 0.3) is 16.6 Å². The van der Waals surface area contributed by atoms with Gasteiger partial charge in [0, 0.05) is 0 Å². The molecule has 0 atom stereocenters. The molecule has 1 heterocycles. The predicted octanol–water partition coefficient (Wildman–Crippen LogP) is 2.29. The van der Waals surface area contributed by atoms with Crippen LogP contribution in [0.2, 0.25) is 0 Å². The summed E-state index contributed by atoms with van der Waals surface area (Å²) in [5.41, 5.74) is 7.98. The number of hydrogen-bond donors (Lipinski definition) is 2. The van der Waals surface area contributed by atoms with Gasteiger partial charge in [-0.2, -0.15) is 0 Å². The fraction of sp³-hybridized carbons (Fsp3) is 0.158. The molecule has 0 aliphatic rings. The van der Waals surface area contributed by atoms with Gasteiger partial charge in [0.05, 0.1) is 22.3 Å². The van der Waals surface area contributed by atoms with E-state index in [-0.39, 0.29) is 11.3 Å². The van der Waals surface area contributed by atoms with Crippen molar-refractivity contribution in [1.82, 2.24) is 14.9 Å². The second kappa shape index (κ2) is 7.63. The van der Waals surface area contributed by atoms with Crippen LogP contribution < -0.4 is 16.6 Å². The van der Waals surface area contributed by atoms with Crippen LogP contribution in [0.1, 0.15) is 11.1 Å². The van der Waals surface area contributed by atoms with E-state index < -0.39 is 11.9 Å². The van der Waals surface area contributed by atoms with Gasteiger partial charge in [0.1, 0.15) is 0 Å². The lowest BCUT2D eigenvalue weighted by molar-refractivity contribution is -0.117. The molecular formula is C19H18N4O3S. The number of rotatable bonds is 4. The van der Waals surface area contributed by atoms with Crippen LogP contribution in [0.15, 0.2) is 52.4 Å². The summed E-state index contributed by atoms with van der Waals surface area (Å²) >= 11 is 1.07. The van der Waals surface area contributed by atoms with Crippen LogP contribution >= 0.6 is 11.8 Å². The Bertz CT molecular complexity index is 1110. The van der Waals surface area contributed by atoms with Gasteiger partial charge in [0.25, 0.3) is 5.56 Å². The lowest BCUT2D eigenvalue weighted by Gasteiger charge is -2.16. The van der Waals surface area contributed by atoms with Gasteiger partial charge < -0.3 is 5.73 Å². The average molecular weight is 382 g/mol. The second-order valence-electron chi connectivity index (χ2n) is 5.97. The van der Waals surface area contributed by atoms with Gasteiger partial charge in [0.2, 0.25) is 5.91 Å². The van der Waals surface area contributed by atoms with Gasteiger partial charge in [-0.3, -0.25) is 19.5 Å². The van der Waals surface area contributed by atoms with E-state index in [4.69, 9.17) is 5.73 Å². The fourth-order valence-electron chi connectivity index (χ4n) is 2.70. The first-order valence-corrected chi connectivity index (χ1v) is 9.17. The first-order chi connectivity index (χ1) is 12.9. The number of hydrogen-bond acceptors (Lipinski definition) is 5. The molecule has 0 bridgehead atoms. The molecule has 0 saturated heterocycles. The Morgan fingerprint density at radius 3 is 2.63 bits per heavy atom. The minimum absolute atomic E-state index is 0.0986. The Hall–Kier alpha value is -3.13. The third kappa shape index (κ3) is 3.85. The molecule has 27 heavy (non-hydrogen) atoms. The number of aryl methyl sites for hydroxylation is 1. The molecule has 0 radical (unpaired) electrons. The van der Waals surface area contributed by atoms with Crippen molar-refractivity contribution in [3.05, 3.63) is 63.9 Å². The second-order valence-corrected chi connectivity index (χ2v) is 6.91. The molecule has 0 fully saturated rings. The third-order valence-corrected chi connectivity index (χ3v) is 5.10. The largest absolute Gasteiger partial charge is 0.351 e. The number of imide groups is 1. The highest BCUT2D eigenvalue weighted by atomic mass is 32.2. The maximum atomic E-state index is 13.2. The van der Waals surface area contributed by atoms with Crippen molar-refractivity contribution in [2.75, 3.05) is 5.75 Å². The maximum absolute atomic E-state index is 13.2. The van der Waals surface area contributed by atoms with Gasteiger partial charge in [-0.05, 0) is 43.2 Å². The van der Waals surface area contributed by atoms with Crippen LogP contribution in [-0.2, 0) is 4.79 Å². The van der Waals surface area contributed by atoms with E-state index in [0.29, 0.717) is 21.7 Å². The number of benzene rings is 2. The average Bonchev–Trinajstić information content (AvgIpc) is 2.62. The van der Waals surface area contributed by atoms with Crippen LogP contribution in [0.3, 0.4) is 0 Å². The zero-order valence-corrected chi connectivity index (χ0v) is 15.7. The Balaban J connectivity index is 2.16. The molecule has 0 unspecified atom stereocenters. The van der Waals surface area contributed by atoms with Crippen LogP contribution in [0.4, 0.5) is 4.79 Å². The number of para-hydroxylation sites is 1. The number of carbonyl (C=O) groups excluding carboxylic acids is 2. The zero-order chi connectivity index (χ0) is 19.6. The summed E-state index contributed by atoms with van der Waals surface area (Å²) in [4.78, 5) is 40.4. The number of nitrogens with zero attached hydrogens (tertiary/aromatic N) is 2. The number of amides is 3. The highest BCUT2D eigenvalue weighted by molar-refractivity contribution is 7.99. The summed E-state index contributed by atoms with van der Waals surface area (Å²) in [5, 5.41) is 2.87. The molecule has 2 aromatic carbocycles. The Morgan fingerprint density at radius 1 is 1.15 bits per heavy atom. The summed E-state index contributed by atoms with van der Waals surface area (Å²) in [6.45, 7) is 3.89. The van der Waals surface area contributed by atoms with Crippen molar-refractivity contribution in [3.8, 4) is 5.69 Å². The molecule has 3 N–H and O–H groups in total. The Labute approximate surface area is 159 Å². The van der Waals surface area contributed by atoms with E-state index in [0.717, 1.165) is 22.9 Å². The van der Waals surface area contributed by atoms with Crippen molar-refractivity contribution in [3.63, 3.8) is 0 Å². The molecule has 7 nitrogen and oxygen atoms in total. The van der Waals surface area contributed by atoms with Crippen LogP contribution in [0.5, 0.6) is 0 Å². The molecule has 0 spiro atoms. The molecule has 8 heteroatoms. The standard InChI is InChI=1S/C19H18N4O3S/c1-11-6-5-9-15(12(11)2)23-17(25)13-7-3-4-8-14(13)21-19(23)27-10-16(24)22-18(20)26/h3-9H,10H2,1-2H3,(H3,20,22,24,26). The van der Waals surface area contributed by atoms with Crippen molar-refractivity contribution in [2.45, 2.75) is 19.0 Å². The summed E-state index contributed by atoms with van der Waals surface area (Å²) in [7, 11) is 0. The van der Waals surface area contributed by atoms with Crippen molar-refractivity contribution in [2.24, 2.45) is 5.73 Å². The van der Waals surface area contributed by atoms with E-state index in [9.17, 15) is 14.4 Å². The fourth-order valence-corrected chi connectivity index (χ4v) is 3.51. The van der Waals surface area contributed by atoms with Crippen molar-refractivity contribution >= 4 is 34.6 Å². The molecule has 0 aliphatic heterocycles. The lowest BCUT2D eigenvalue weighted by atomic mass is 10.1. The third-order valence-electron chi connectivity index (χ3n) is 4.16. The van der Waals surface area contributed by atoms with Gasteiger partial charge in [-0.25, -0.2) is 9.78 Å². The first-order valence-electron chi connectivity index (χ1n) is 8.19. The number of primary amides is 1. The molecular weight excluding hydrogens is 364 g/mol. The first kappa shape index (κ1) is 18.7. The van der Waals surface area contributed by atoms with Crippen LogP contribution in [-0.4, -0.2) is 27.2 Å². The van der Waals surface area contributed by atoms with Crippen LogP contribution in [0, 0.1) is 13.8 Å². The molecule has 0 aliphatic carbocycles. The number of aromatic nitrogens is 2. The molecule has 3 rings (SSSR count). The summed E-state index contributed by atoms with van der Waals surface area (Å²) in [6.07, 6.45) is 0. The number of nitrogens with two attached hydrogens (primary N) is 1. The lowest BCUT2D eigenvalue weighted by Crippen LogP contribution is -2.36. The van der Waals surface area contributed by atoms with Crippen molar-refractivity contribution in [1.29, 1.82) is 0 Å².